The highest BCUT2D eigenvalue weighted by atomic mass is 79.9. The molecule has 1 rings (SSSR count). The van der Waals surface area contributed by atoms with Crippen molar-refractivity contribution in [1.29, 1.82) is 0 Å². The molecule has 0 aromatic heterocycles. The monoisotopic (exact) mass is 315 g/mol. The van der Waals surface area contributed by atoms with Crippen LogP contribution in [0.4, 0.5) is 0 Å². The van der Waals surface area contributed by atoms with E-state index in [1.165, 1.54) is 0 Å². The molecule has 2 N–H and O–H groups in total. The van der Waals surface area contributed by atoms with Crippen molar-refractivity contribution in [3.63, 3.8) is 0 Å². The van der Waals surface area contributed by atoms with E-state index in [2.05, 4.69) is 21.2 Å². The fourth-order valence-corrected chi connectivity index (χ4v) is 1.64. The summed E-state index contributed by atoms with van der Waals surface area (Å²) in [5.41, 5.74) is 0. The van der Waals surface area contributed by atoms with E-state index in [1.807, 2.05) is 24.3 Å². The Morgan fingerprint density at radius 2 is 2.06 bits per heavy atom. The third kappa shape index (κ3) is 5.67. The van der Waals surface area contributed by atoms with Gasteiger partial charge in [-0.2, -0.15) is 0 Å². The maximum Gasteiger partial charge on any atom is 0.322 e. The Hall–Kier alpha value is -1.56. The van der Waals surface area contributed by atoms with E-state index in [1.54, 1.807) is 0 Å². The van der Waals surface area contributed by atoms with Gasteiger partial charge >= 0.3 is 5.97 Å². The van der Waals surface area contributed by atoms with Gasteiger partial charge in [0.05, 0.1) is 11.1 Å². The zero-order valence-electron chi connectivity index (χ0n) is 9.69. The van der Waals surface area contributed by atoms with Crippen molar-refractivity contribution < 1.29 is 19.4 Å². The standard InChI is InChI=1S/C12H14BrNO4/c13-9-4-1-2-5-10(9)18-7-3-6-11(15)14-8-12(16)17/h1-2,4-5H,3,6-8H2,(H,14,15)(H,16,17). The van der Waals surface area contributed by atoms with Crippen molar-refractivity contribution >= 4 is 27.8 Å². The van der Waals surface area contributed by atoms with Gasteiger partial charge in [-0.25, -0.2) is 0 Å². The van der Waals surface area contributed by atoms with Gasteiger partial charge in [0, 0.05) is 6.42 Å². The molecule has 6 heteroatoms. The Kier molecular flexibility index (Phi) is 6.21. The van der Waals surface area contributed by atoms with Crippen LogP contribution in [0.2, 0.25) is 0 Å². The number of carbonyl (C=O) groups excluding carboxylic acids is 1. The molecule has 0 radical (unpaired) electrons. The van der Waals surface area contributed by atoms with Gasteiger partial charge in [0.1, 0.15) is 12.3 Å². The number of hydrogen-bond acceptors (Lipinski definition) is 3. The van der Waals surface area contributed by atoms with Crippen LogP contribution in [0.15, 0.2) is 28.7 Å². The number of para-hydroxylation sites is 1. The number of rotatable bonds is 7. The summed E-state index contributed by atoms with van der Waals surface area (Å²) in [6, 6.07) is 7.44. The molecule has 0 heterocycles. The van der Waals surface area contributed by atoms with Gasteiger partial charge in [-0.05, 0) is 34.5 Å². The number of carboxylic acids is 1. The largest absolute Gasteiger partial charge is 0.492 e. The minimum Gasteiger partial charge on any atom is -0.492 e. The van der Waals surface area contributed by atoms with Gasteiger partial charge in [-0.3, -0.25) is 9.59 Å². The van der Waals surface area contributed by atoms with Gasteiger partial charge in [0.25, 0.3) is 0 Å². The van der Waals surface area contributed by atoms with Gasteiger partial charge in [0.2, 0.25) is 5.91 Å². The van der Waals surface area contributed by atoms with Gasteiger partial charge in [0.15, 0.2) is 0 Å². The Balaban J connectivity index is 2.17. The van der Waals surface area contributed by atoms with E-state index in [9.17, 15) is 9.59 Å². The molecule has 0 bridgehead atoms. The molecule has 1 amide bonds. The Morgan fingerprint density at radius 1 is 1.33 bits per heavy atom. The summed E-state index contributed by atoms with van der Waals surface area (Å²) in [6.07, 6.45) is 0.782. The molecular formula is C12H14BrNO4. The van der Waals surface area contributed by atoms with E-state index in [4.69, 9.17) is 9.84 Å². The molecule has 0 aliphatic rings. The highest BCUT2D eigenvalue weighted by Crippen LogP contribution is 2.23. The fourth-order valence-electron chi connectivity index (χ4n) is 1.24. The second-order valence-corrected chi connectivity index (χ2v) is 4.41. The third-order valence-electron chi connectivity index (χ3n) is 2.08. The maximum absolute atomic E-state index is 11.2. The summed E-state index contributed by atoms with van der Waals surface area (Å²) < 4.78 is 6.33. The molecule has 0 aliphatic heterocycles. The zero-order chi connectivity index (χ0) is 13.4. The number of aliphatic carboxylic acids is 1. The lowest BCUT2D eigenvalue weighted by molar-refractivity contribution is -0.137. The average Bonchev–Trinajstić information content (AvgIpc) is 2.34. The van der Waals surface area contributed by atoms with E-state index < -0.39 is 5.97 Å². The molecule has 0 aliphatic carbocycles. The minimum atomic E-state index is -1.05. The molecule has 18 heavy (non-hydrogen) atoms. The number of halogens is 1. The molecule has 98 valence electrons. The molecule has 0 unspecified atom stereocenters. The molecule has 0 atom stereocenters. The molecule has 1 aromatic rings. The molecule has 0 saturated carbocycles. The normalized spacial score (nSPS) is 9.83. The van der Waals surface area contributed by atoms with Crippen LogP contribution in [0.5, 0.6) is 5.75 Å². The van der Waals surface area contributed by atoms with Crippen LogP contribution in [0.3, 0.4) is 0 Å². The van der Waals surface area contributed by atoms with Crippen molar-refractivity contribution in [2.24, 2.45) is 0 Å². The lowest BCUT2D eigenvalue weighted by atomic mass is 10.3. The lowest BCUT2D eigenvalue weighted by Gasteiger charge is -2.07. The number of hydrogen-bond donors (Lipinski definition) is 2. The van der Waals surface area contributed by atoms with Gasteiger partial charge in [-0.1, -0.05) is 12.1 Å². The van der Waals surface area contributed by atoms with Gasteiger partial charge in [-0.15, -0.1) is 0 Å². The molecule has 0 spiro atoms. The number of carbonyl (C=O) groups is 2. The first-order valence-corrected chi connectivity index (χ1v) is 6.24. The van der Waals surface area contributed by atoms with Crippen molar-refractivity contribution in [3.05, 3.63) is 28.7 Å². The average molecular weight is 316 g/mol. The van der Waals surface area contributed by atoms with Gasteiger partial charge < -0.3 is 15.2 Å². The van der Waals surface area contributed by atoms with Crippen LogP contribution >= 0.6 is 15.9 Å². The molecular weight excluding hydrogens is 302 g/mol. The minimum absolute atomic E-state index is 0.248. The summed E-state index contributed by atoms with van der Waals surface area (Å²) in [5.74, 6) is -0.607. The first-order chi connectivity index (χ1) is 8.59. The lowest BCUT2D eigenvalue weighted by Crippen LogP contribution is -2.29. The Morgan fingerprint density at radius 3 is 2.72 bits per heavy atom. The molecule has 0 fully saturated rings. The van der Waals surface area contributed by atoms with Crippen LogP contribution in [0.25, 0.3) is 0 Å². The maximum atomic E-state index is 11.2. The summed E-state index contributed by atoms with van der Waals surface area (Å²) in [5, 5.41) is 10.7. The van der Waals surface area contributed by atoms with E-state index in [0.717, 1.165) is 10.2 Å². The van der Waals surface area contributed by atoms with E-state index >= 15 is 0 Å². The van der Waals surface area contributed by atoms with Crippen molar-refractivity contribution in [2.45, 2.75) is 12.8 Å². The second kappa shape index (κ2) is 7.71. The van der Waals surface area contributed by atoms with Crippen molar-refractivity contribution in [3.8, 4) is 5.75 Å². The fraction of sp³-hybridized carbons (Fsp3) is 0.333. The van der Waals surface area contributed by atoms with Crippen LogP contribution in [0, 0.1) is 0 Å². The topological polar surface area (TPSA) is 75.6 Å². The van der Waals surface area contributed by atoms with Crippen molar-refractivity contribution in [1.82, 2.24) is 5.32 Å². The number of ether oxygens (including phenoxy) is 1. The van der Waals surface area contributed by atoms with Crippen molar-refractivity contribution in [2.75, 3.05) is 13.2 Å². The highest BCUT2D eigenvalue weighted by Gasteiger charge is 2.04. The number of carboxylic acid groups (broad SMARTS) is 1. The summed E-state index contributed by atoms with van der Waals surface area (Å²) in [4.78, 5) is 21.4. The Labute approximate surface area is 113 Å². The summed E-state index contributed by atoms with van der Waals surface area (Å²) >= 11 is 3.35. The smallest absolute Gasteiger partial charge is 0.322 e. The van der Waals surface area contributed by atoms with Crippen LogP contribution in [0.1, 0.15) is 12.8 Å². The summed E-state index contributed by atoms with van der Waals surface area (Å²) in [6.45, 7) is 0.0625. The molecule has 5 nitrogen and oxygen atoms in total. The number of benzene rings is 1. The Bertz CT molecular complexity index is 422. The number of nitrogens with one attached hydrogen (secondary N) is 1. The van der Waals surface area contributed by atoms with E-state index in [-0.39, 0.29) is 18.9 Å². The van der Waals surface area contributed by atoms with Crippen LogP contribution in [-0.2, 0) is 9.59 Å². The predicted octanol–water partition coefficient (Wildman–Crippen LogP) is 1.81. The zero-order valence-corrected chi connectivity index (χ0v) is 11.3. The van der Waals surface area contributed by atoms with Crippen LogP contribution in [-0.4, -0.2) is 30.1 Å². The highest BCUT2D eigenvalue weighted by molar-refractivity contribution is 9.10. The SMILES string of the molecule is O=C(O)CNC(=O)CCCOc1ccccc1Br. The predicted molar refractivity (Wildman–Crippen MR) is 69.5 cm³/mol. The quantitative estimate of drug-likeness (QED) is 0.752. The summed E-state index contributed by atoms with van der Waals surface area (Å²) in [7, 11) is 0. The third-order valence-corrected chi connectivity index (χ3v) is 2.73. The second-order valence-electron chi connectivity index (χ2n) is 3.55. The first kappa shape index (κ1) is 14.5. The molecule has 0 saturated heterocycles. The number of amides is 1. The first-order valence-electron chi connectivity index (χ1n) is 5.45. The molecule has 1 aromatic carbocycles. The van der Waals surface area contributed by atoms with E-state index in [0.29, 0.717) is 13.0 Å². The van der Waals surface area contributed by atoms with Crippen LogP contribution < -0.4 is 10.1 Å².